The summed E-state index contributed by atoms with van der Waals surface area (Å²) in [6.45, 7) is 0. The number of hydrogen-bond acceptors (Lipinski definition) is 3. The van der Waals surface area contributed by atoms with Gasteiger partial charge in [-0.25, -0.2) is 12.8 Å². The second-order valence-electron chi connectivity index (χ2n) is 5.11. The van der Waals surface area contributed by atoms with Gasteiger partial charge in [-0.2, -0.15) is 4.72 Å². The lowest BCUT2D eigenvalue weighted by atomic mass is 9.83. The van der Waals surface area contributed by atoms with Crippen LogP contribution in [-0.4, -0.2) is 25.0 Å². The van der Waals surface area contributed by atoms with Crippen molar-refractivity contribution in [3.05, 3.63) is 29.0 Å². The molecule has 21 heavy (non-hydrogen) atoms. The fourth-order valence-electron chi connectivity index (χ4n) is 2.52. The highest BCUT2D eigenvalue weighted by Gasteiger charge is 2.43. The molecular weight excluding hydrogens is 321 g/mol. The molecule has 0 amide bonds. The molecule has 0 spiro atoms. The van der Waals surface area contributed by atoms with Crippen molar-refractivity contribution in [2.45, 2.75) is 42.5 Å². The van der Waals surface area contributed by atoms with Gasteiger partial charge in [-0.1, -0.05) is 36.9 Å². The number of hydrogen-bond donors (Lipinski definition) is 2. The Balaban J connectivity index is 2.40. The lowest BCUT2D eigenvalue weighted by Gasteiger charge is -2.33. The van der Waals surface area contributed by atoms with E-state index in [0.717, 1.165) is 12.5 Å². The summed E-state index contributed by atoms with van der Waals surface area (Å²) in [5.41, 5.74) is -1.58. The van der Waals surface area contributed by atoms with Gasteiger partial charge in [0.15, 0.2) is 5.82 Å². The maximum Gasteiger partial charge on any atom is 0.324 e. The van der Waals surface area contributed by atoms with Gasteiger partial charge in [-0.3, -0.25) is 4.79 Å². The van der Waals surface area contributed by atoms with Crippen LogP contribution in [0, 0.1) is 5.82 Å². The number of halogens is 2. The van der Waals surface area contributed by atoms with Crippen LogP contribution >= 0.6 is 11.6 Å². The van der Waals surface area contributed by atoms with Crippen LogP contribution in [0.1, 0.15) is 32.1 Å². The Bertz CT molecular complexity index is 656. The zero-order valence-electron chi connectivity index (χ0n) is 11.1. The molecule has 116 valence electrons. The molecule has 0 radical (unpaired) electrons. The highest BCUT2D eigenvalue weighted by Crippen LogP contribution is 2.31. The van der Waals surface area contributed by atoms with E-state index >= 15 is 0 Å². The molecule has 1 aromatic carbocycles. The van der Waals surface area contributed by atoms with Crippen LogP contribution in [0.15, 0.2) is 23.1 Å². The Morgan fingerprint density at radius 1 is 1.29 bits per heavy atom. The summed E-state index contributed by atoms with van der Waals surface area (Å²) in [6, 6.07) is 3.58. The Morgan fingerprint density at radius 3 is 2.48 bits per heavy atom. The predicted molar refractivity (Wildman–Crippen MR) is 75.2 cm³/mol. The molecule has 1 aliphatic carbocycles. The molecule has 1 aliphatic rings. The Morgan fingerprint density at radius 2 is 1.90 bits per heavy atom. The minimum absolute atomic E-state index is 0.184. The van der Waals surface area contributed by atoms with Crippen LogP contribution in [0.3, 0.4) is 0 Å². The minimum atomic E-state index is -4.31. The molecule has 0 atom stereocenters. The van der Waals surface area contributed by atoms with Gasteiger partial charge in [0.25, 0.3) is 0 Å². The third-order valence-corrected chi connectivity index (χ3v) is 5.50. The van der Waals surface area contributed by atoms with E-state index in [9.17, 15) is 22.7 Å². The molecule has 0 unspecified atom stereocenters. The first kappa shape index (κ1) is 16.2. The van der Waals surface area contributed by atoms with Crippen LogP contribution in [-0.2, 0) is 14.8 Å². The standard InChI is InChI=1S/C13H15ClFNO4S/c14-9-5-4-6-10(11(9)15)21(19,20)16-13(12(17)18)7-2-1-3-8-13/h4-6,16H,1-3,7-8H2,(H,17,18). The highest BCUT2D eigenvalue weighted by molar-refractivity contribution is 7.89. The van der Waals surface area contributed by atoms with E-state index in [1.54, 1.807) is 0 Å². The number of aliphatic carboxylic acids is 1. The van der Waals surface area contributed by atoms with Gasteiger partial charge in [-0.05, 0) is 25.0 Å². The number of carboxylic acid groups (broad SMARTS) is 1. The lowest BCUT2D eigenvalue weighted by molar-refractivity contribution is -0.145. The molecule has 2 N–H and O–H groups in total. The molecule has 0 saturated heterocycles. The first-order chi connectivity index (χ1) is 9.78. The Kier molecular flexibility index (Phi) is 4.55. The normalized spacial score (nSPS) is 18.4. The molecule has 0 aliphatic heterocycles. The second kappa shape index (κ2) is 5.90. The number of sulfonamides is 1. The predicted octanol–water partition coefficient (Wildman–Crippen LogP) is 2.54. The van der Waals surface area contributed by atoms with Crippen LogP contribution in [0.5, 0.6) is 0 Å². The van der Waals surface area contributed by atoms with E-state index in [1.807, 2.05) is 0 Å². The quantitative estimate of drug-likeness (QED) is 0.885. The smallest absolute Gasteiger partial charge is 0.324 e. The molecule has 0 heterocycles. The summed E-state index contributed by atoms with van der Waals surface area (Å²) in [4.78, 5) is 10.9. The molecule has 2 rings (SSSR count). The van der Waals surface area contributed by atoms with Crippen molar-refractivity contribution in [1.29, 1.82) is 0 Å². The number of benzene rings is 1. The third-order valence-electron chi connectivity index (χ3n) is 3.65. The monoisotopic (exact) mass is 335 g/mol. The van der Waals surface area contributed by atoms with Crippen molar-refractivity contribution >= 4 is 27.6 Å². The van der Waals surface area contributed by atoms with Gasteiger partial charge in [0.1, 0.15) is 10.4 Å². The molecular formula is C13H15ClFNO4S. The SMILES string of the molecule is O=C(O)C1(NS(=O)(=O)c2cccc(Cl)c2F)CCCCC1. The first-order valence-corrected chi connectivity index (χ1v) is 8.36. The fraction of sp³-hybridized carbons (Fsp3) is 0.462. The van der Waals surface area contributed by atoms with Crippen molar-refractivity contribution in [3.8, 4) is 0 Å². The highest BCUT2D eigenvalue weighted by atomic mass is 35.5. The van der Waals surface area contributed by atoms with E-state index in [1.165, 1.54) is 12.1 Å². The van der Waals surface area contributed by atoms with Gasteiger partial charge in [0.2, 0.25) is 10.0 Å². The van der Waals surface area contributed by atoms with Crippen molar-refractivity contribution in [2.75, 3.05) is 0 Å². The summed E-state index contributed by atoms with van der Waals surface area (Å²) in [6.07, 6.45) is 2.43. The van der Waals surface area contributed by atoms with Crippen molar-refractivity contribution in [3.63, 3.8) is 0 Å². The molecule has 8 heteroatoms. The van der Waals surface area contributed by atoms with E-state index in [-0.39, 0.29) is 17.9 Å². The summed E-state index contributed by atoms with van der Waals surface area (Å²) >= 11 is 5.58. The van der Waals surface area contributed by atoms with Gasteiger partial charge in [-0.15, -0.1) is 0 Å². The molecule has 5 nitrogen and oxygen atoms in total. The van der Waals surface area contributed by atoms with E-state index in [0.29, 0.717) is 12.8 Å². The summed E-state index contributed by atoms with van der Waals surface area (Å²) in [5.74, 6) is -2.32. The third kappa shape index (κ3) is 3.20. The zero-order valence-corrected chi connectivity index (χ0v) is 12.7. The Hall–Kier alpha value is -1.18. The first-order valence-electron chi connectivity index (χ1n) is 6.50. The molecule has 0 bridgehead atoms. The molecule has 1 fully saturated rings. The average Bonchev–Trinajstić information content (AvgIpc) is 2.42. The topological polar surface area (TPSA) is 83.5 Å². The van der Waals surface area contributed by atoms with E-state index < -0.39 is 32.2 Å². The molecule has 0 aromatic heterocycles. The second-order valence-corrected chi connectivity index (χ2v) is 7.16. The van der Waals surface area contributed by atoms with Crippen LogP contribution in [0.2, 0.25) is 5.02 Å². The molecule has 1 saturated carbocycles. The van der Waals surface area contributed by atoms with Crippen LogP contribution in [0.25, 0.3) is 0 Å². The number of carbonyl (C=O) groups is 1. The number of carboxylic acids is 1. The minimum Gasteiger partial charge on any atom is -0.480 e. The van der Waals surface area contributed by atoms with Gasteiger partial charge in [0, 0.05) is 0 Å². The van der Waals surface area contributed by atoms with E-state index in [2.05, 4.69) is 4.72 Å². The molecule has 1 aromatic rings. The number of nitrogens with one attached hydrogen (secondary N) is 1. The van der Waals surface area contributed by atoms with Crippen molar-refractivity contribution in [2.24, 2.45) is 0 Å². The number of rotatable bonds is 4. The maximum atomic E-state index is 13.9. The average molecular weight is 336 g/mol. The fourth-order valence-corrected chi connectivity index (χ4v) is 4.27. The van der Waals surface area contributed by atoms with E-state index in [4.69, 9.17) is 11.6 Å². The summed E-state index contributed by atoms with van der Waals surface area (Å²) in [5, 5.41) is 9.05. The largest absolute Gasteiger partial charge is 0.480 e. The Labute approximate surface area is 127 Å². The van der Waals surface area contributed by atoms with Gasteiger partial charge < -0.3 is 5.11 Å². The maximum absolute atomic E-state index is 13.9. The van der Waals surface area contributed by atoms with Crippen molar-refractivity contribution < 1.29 is 22.7 Å². The zero-order chi connectivity index (χ0) is 15.7. The van der Waals surface area contributed by atoms with Gasteiger partial charge >= 0.3 is 5.97 Å². The van der Waals surface area contributed by atoms with Crippen LogP contribution in [0.4, 0.5) is 4.39 Å². The summed E-state index contributed by atoms with van der Waals surface area (Å²) in [7, 11) is -4.31. The van der Waals surface area contributed by atoms with Crippen molar-refractivity contribution in [1.82, 2.24) is 4.72 Å². The summed E-state index contributed by atoms with van der Waals surface area (Å²) < 4.78 is 40.7. The van der Waals surface area contributed by atoms with Gasteiger partial charge in [0.05, 0.1) is 5.02 Å². The van der Waals surface area contributed by atoms with Crippen LogP contribution < -0.4 is 4.72 Å². The lowest BCUT2D eigenvalue weighted by Crippen LogP contribution is -2.55.